The predicted octanol–water partition coefficient (Wildman–Crippen LogP) is 22.7. The summed E-state index contributed by atoms with van der Waals surface area (Å²) in [5.74, 6) is -0.834. The topological polar surface area (TPSA) is 78.9 Å². The van der Waals surface area contributed by atoms with Crippen molar-refractivity contribution in [1.29, 1.82) is 0 Å². The van der Waals surface area contributed by atoms with Gasteiger partial charge in [-0.3, -0.25) is 14.4 Å². The van der Waals surface area contributed by atoms with Crippen LogP contribution < -0.4 is 0 Å². The lowest BCUT2D eigenvalue weighted by molar-refractivity contribution is -0.167. The molecule has 6 nitrogen and oxygen atoms in total. The van der Waals surface area contributed by atoms with Crippen LogP contribution in [0.3, 0.4) is 0 Å². The van der Waals surface area contributed by atoms with Crippen molar-refractivity contribution in [1.82, 2.24) is 0 Å². The van der Waals surface area contributed by atoms with Crippen molar-refractivity contribution in [2.24, 2.45) is 0 Å². The summed E-state index contributed by atoms with van der Waals surface area (Å²) in [5, 5.41) is 0. The molecule has 0 spiro atoms. The van der Waals surface area contributed by atoms with Crippen molar-refractivity contribution in [3.63, 3.8) is 0 Å². The second kappa shape index (κ2) is 62.9. The second-order valence-electron chi connectivity index (χ2n) is 23.1. The van der Waals surface area contributed by atoms with Crippen LogP contribution in [0.2, 0.25) is 0 Å². The standard InChI is InChI=1S/C67H130O6/c1-4-7-10-13-16-19-22-24-25-26-27-28-29-30-31-32-33-34-35-36-37-38-39-40-41-42-43-44-46-48-51-54-57-60-66(69)72-63-64(62-71-65(68)59-56-53-50-47-21-18-15-12-9-6-3)73-67(70)61-58-55-52-49-45-23-20-17-14-11-8-5-2/h64H,4-63H2,1-3H3. The maximum absolute atomic E-state index is 12.8. The molecule has 73 heavy (non-hydrogen) atoms. The van der Waals surface area contributed by atoms with E-state index in [-0.39, 0.29) is 31.1 Å². The molecule has 0 aromatic rings. The Morgan fingerprint density at radius 3 is 0.548 bits per heavy atom. The summed E-state index contributed by atoms with van der Waals surface area (Å²) >= 11 is 0. The van der Waals surface area contributed by atoms with Gasteiger partial charge in [0.2, 0.25) is 0 Å². The molecule has 0 saturated heterocycles. The molecule has 0 N–H and O–H groups in total. The van der Waals surface area contributed by atoms with Crippen LogP contribution in [0.4, 0.5) is 0 Å². The van der Waals surface area contributed by atoms with E-state index in [0.29, 0.717) is 19.3 Å². The third-order valence-corrected chi connectivity index (χ3v) is 15.6. The van der Waals surface area contributed by atoms with Gasteiger partial charge >= 0.3 is 17.9 Å². The molecule has 1 unspecified atom stereocenters. The quantitative estimate of drug-likeness (QED) is 0.0343. The molecule has 0 aliphatic rings. The van der Waals surface area contributed by atoms with Gasteiger partial charge in [0.1, 0.15) is 13.2 Å². The maximum Gasteiger partial charge on any atom is 0.306 e. The van der Waals surface area contributed by atoms with E-state index in [9.17, 15) is 14.4 Å². The van der Waals surface area contributed by atoms with Crippen molar-refractivity contribution in [2.45, 2.75) is 399 Å². The van der Waals surface area contributed by atoms with Crippen LogP contribution in [0.1, 0.15) is 393 Å². The normalized spacial score (nSPS) is 11.9. The largest absolute Gasteiger partial charge is 0.462 e. The van der Waals surface area contributed by atoms with Gasteiger partial charge in [0.05, 0.1) is 0 Å². The lowest BCUT2D eigenvalue weighted by Gasteiger charge is -2.18. The average Bonchev–Trinajstić information content (AvgIpc) is 3.39. The summed E-state index contributed by atoms with van der Waals surface area (Å²) < 4.78 is 16.9. The zero-order valence-electron chi connectivity index (χ0n) is 50.0. The average molecular weight is 1030 g/mol. The van der Waals surface area contributed by atoms with Gasteiger partial charge in [-0.1, -0.05) is 355 Å². The number of hydrogen-bond acceptors (Lipinski definition) is 6. The summed E-state index contributed by atoms with van der Waals surface area (Å²) in [6.07, 6.45) is 73.0. The Morgan fingerprint density at radius 1 is 0.219 bits per heavy atom. The Morgan fingerprint density at radius 2 is 0.370 bits per heavy atom. The van der Waals surface area contributed by atoms with E-state index in [0.717, 1.165) is 57.8 Å². The van der Waals surface area contributed by atoms with Crippen molar-refractivity contribution >= 4 is 17.9 Å². The number of carbonyl (C=O) groups is 3. The van der Waals surface area contributed by atoms with E-state index in [1.54, 1.807) is 0 Å². The van der Waals surface area contributed by atoms with E-state index in [1.807, 2.05) is 0 Å². The molecule has 0 rings (SSSR count). The first kappa shape index (κ1) is 71.4. The lowest BCUT2D eigenvalue weighted by atomic mass is 10.0. The first-order chi connectivity index (χ1) is 36.0. The summed E-state index contributed by atoms with van der Waals surface area (Å²) in [5.41, 5.74) is 0. The van der Waals surface area contributed by atoms with Crippen LogP contribution in [-0.4, -0.2) is 37.2 Å². The predicted molar refractivity (Wildman–Crippen MR) is 317 cm³/mol. The van der Waals surface area contributed by atoms with Gasteiger partial charge in [-0.25, -0.2) is 0 Å². The Kier molecular flexibility index (Phi) is 61.6. The summed E-state index contributed by atoms with van der Waals surface area (Å²) in [7, 11) is 0. The molecule has 0 saturated carbocycles. The van der Waals surface area contributed by atoms with Crippen LogP contribution in [0.5, 0.6) is 0 Å². The minimum absolute atomic E-state index is 0.0613. The molecule has 0 aromatic carbocycles. The minimum Gasteiger partial charge on any atom is -0.462 e. The number of rotatable bonds is 63. The van der Waals surface area contributed by atoms with E-state index in [1.165, 1.54) is 295 Å². The van der Waals surface area contributed by atoms with Crippen molar-refractivity contribution in [2.75, 3.05) is 13.2 Å². The molecule has 0 amide bonds. The van der Waals surface area contributed by atoms with Crippen molar-refractivity contribution in [3.8, 4) is 0 Å². The Balaban J connectivity index is 3.93. The third-order valence-electron chi connectivity index (χ3n) is 15.6. The monoisotopic (exact) mass is 1030 g/mol. The fourth-order valence-corrected chi connectivity index (χ4v) is 10.6. The van der Waals surface area contributed by atoms with E-state index in [2.05, 4.69) is 20.8 Å². The van der Waals surface area contributed by atoms with Crippen LogP contribution in [0.15, 0.2) is 0 Å². The fourth-order valence-electron chi connectivity index (χ4n) is 10.6. The van der Waals surface area contributed by atoms with Gasteiger partial charge < -0.3 is 14.2 Å². The summed E-state index contributed by atoms with van der Waals surface area (Å²) in [4.78, 5) is 38.1. The van der Waals surface area contributed by atoms with E-state index in [4.69, 9.17) is 14.2 Å². The summed E-state index contributed by atoms with van der Waals surface area (Å²) in [6.45, 7) is 6.70. The molecule has 0 radical (unpaired) electrons. The highest BCUT2D eigenvalue weighted by Gasteiger charge is 2.19. The molecule has 0 aromatic heterocycles. The van der Waals surface area contributed by atoms with Gasteiger partial charge in [-0.05, 0) is 19.3 Å². The van der Waals surface area contributed by atoms with Gasteiger partial charge in [0.15, 0.2) is 6.10 Å². The van der Waals surface area contributed by atoms with Gasteiger partial charge in [0.25, 0.3) is 0 Å². The van der Waals surface area contributed by atoms with Crippen LogP contribution >= 0.6 is 0 Å². The zero-order chi connectivity index (χ0) is 52.9. The molecule has 0 aliphatic carbocycles. The fraction of sp³-hybridized carbons (Fsp3) is 0.955. The second-order valence-corrected chi connectivity index (χ2v) is 23.1. The number of hydrogen-bond donors (Lipinski definition) is 0. The van der Waals surface area contributed by atoms with Gasteiger partial charge in [-0.2, -0.15) is 0 Å². The minimum atomic E-state index is -0.761. The highest BCUT2D eigenvalue weighted by molar-refractivity contribution is 5.71. The molecule has 0 bridgehead atoms. The molecule has 0 fully saturated rings. The molecule has 6 heteroatoms. The maximum atomic E-state index is 12.8. The molecule has 0 aliphatic heterocycles. The Labute approximate surface area is 457 Å². The Hall–Kier alpha value is -1.59. The highest BCUT2D eigenvalue weighted by Crippen LogP contribution is 2.19. The SMILES string of the molecule is CCCCCCCCCCCCCCCCCCCCCCCCCCCCCCCCCCCC(=O)OCC(COC(=O)CCCCCCCCCCCC)OC(=O)CCCCCCCCCCCCCC. The van der Waals surface area contributed by atoms with Gasteiger partial charge in [-0.15, -0.1) is 0 Å². The number of ether oxygens (including phenoxy) is 3. The van der Waals surface area contributed by atoms with Crippen LogP contribution in [0.25, 0.3) is 0 Å². The molecular formula is C67H130O6. The molecule has 434 valence electrons. The highest BCUT2D eigenvalue weighted by atomic mass is 16.6. The van der Waals surface area contributed by atoms with Crippen molar-refractivity contribution < 1.29 is 28.6 Å². The summed E-state index contributed by atoms with van der Waals surface area (Å²) in [6, 6.07) is 0. The lowest BCUT2D eigenvalue weighted by Crippen LogP contribution is -2.30. The first-order valence-corrected chi connectivity index (χ1v) is 33.5. The number of carbonyl (C=O) groups excluding carboxylic acids is 3. The van der Waals surface area contributed by atoms with Crippen LogP contribution in [-0.2, 0) is 28.6 Å². The smallest absolute Gasteiger partial charge is 0.306 e. The molecular weight excluding hydrogens is 901 g/mol. The van der Waals surface area contributed by atoms with Crippen LogP contribution in [0, 0.1) is 0 Å². The van der Waals surface area contributed by atoms with Gasteiger partial charge in [0, 0.05) is 19.3 Å². The molecule has 1 atom stereocenters. The first-order valence-electron chi connectivity index (χ1n) is 33.5. The third kappa shape index (κ3) is 61.1. The van der Waals surface area contributed by atoms with E-state index < -0.39 is 6.10 Å². The van der Waals surface area contributed by atoms with E-state index >= 15 is 0 Å². The zero-order valence-corrected chi connectivity index (χ0v) is 50.0. The molecule has 0 heterocycles. The van der Waals surface area contributed by atoms with Crippen molar-refractivity contribution in [3.05, 3.63) is 0 Å². The number of esters is 3. The Bertz CT molecular complexity index is 1090. The number of unbranched alkanes of at least 4 members (excludes halogenated alkanes) is 52.